The lowest BCUT2D eigenvalue weighted by atomic mass is 10.3. The SMILES string of the molecule is CC(C)[Si]12OCCOCCOCC(CCOCCO1)OCCO2. The molecule has 0 aliphatic carbocycles. The van der Waals surface area contributed by atoms with Crippen LogP contribution < -0.4 is 0 Å². The van der Waals surface area contributed by atoms with Crippen molar-refractivity contribution < 1.29 is 32.2 Å². The van der Waals surface area contributed by atoms with E-state index >= 15 is 0 Å². The Hall–Kier alpha value is -0.0631. The average molecular weight is 350 g/mol. The van der Waals surface area contributed by atoms with Gasteiger partial charge in [-0.05, 0) is 6.42 Å². The van der Waals surface area contributed by atoms with E-state index in [1.165, 1.54) is 0 Å². The summed E-state index contributed by atoms with van der Waals surface area (Å²) in [4.78, 5) is 0. The minimum atomic E-state index is -2.77. The summed E-state index contributed by atoms with van der Waals surface area (Å²) in [5, 5.41) is 0. The van der Waals surface area contributed by atoms with Crippen molar-refractivity contribution in [3.8, 4) is 0 Å². The fourth-order valence-electron chi connectivity index (χ4n) is 2.48. The van der Waals surface area contributed by atoms with Gasteiger partial charge >= 0.3 is 8.80 Å². The van der Waals surface area contributed by atoms with Gasteiger partial charge in [0.2, 0.25) is 0 Å². The van der Waals surface area contributed by atoms with Gasteiger partial charge in [0.25, 0.3) is 0 Å². The number of hydrogen-bond donors (Lipinski definition) is 0. The standard InChI is InChI=1S/C15H30O7Si/c1-14(2)23-20-10-7-16-4-3-15(19-9-12-22-23)13-18-6-5-17-8-11-21-23/h14-15H,3-13H2,1-2H3. The van der Waals surface area contributed by atoms with Crippen molar-refractivity contribution in [2.75, 3.05) is 66.1 Å². The zero-order chi connectivity index (χ0) is 16.4. The first-order valence-corrected chi connectivity index (χ1v) is 10.3. The Morgan fingerprint density at radius 2 is 1.26 bits per heavy atom. The number of ether oxygens (including phenoxy) is 4. The number of fused-ring (bicyclic) bond motifs is 5. The lowest BCUT2D eigenvalue weighted by Crippen LogP contribution is -2.51. The van der Waals surface area contributed by atoms with E-state index in [2.05, 4.69) is 13.8 Å². The highest BCUT2D eigenvalue weighted by atomic mass is 28.4. The molecule has 0 aromatic rings. The molecule has 0 aromatic heterocycles. The van der Waals surface area contributed by atoms with Crippen LogP contribution in [0.15, 0.2) is 0 Å². The van der Waals surface area contributed by atoms with Crippen LogP contribution in [0.2, 0.25) is 5.54 Å². The minimum Gasteiger partial charge on any atom is -0.379 e. The lowest BCUT2D eigenvalue weighted by molar-refractivity contribution is -0.0740. The van der Waals surface area contributed by atoms with Gasteiger partial charge < -0.3 is 32.2 Å². The Morgan fingerprint density at radius 1 is 0.696 bits per heavy atom. The Balaban J connectivity index is 2.05. The van der Waals surface area contributed by atoms with Crippen LogP contribution in [-0.4, -0.2) is 81.0 Å². The number of hydrogen-bond acceptors (Lipinski definition) is 7. The van der Waals surface area contributed by atoms with E-state index in [1.807, 2.05) is 0 Å². The van der Waals surface area contributed by atoms with E-state index < -0.39 is 8.80 Å². The van der Waals surface area contributed by atoms with Crippen LogP contribution in [-0.2, 0) is 32.2 Å². The van der Waals surface area contributed by atoms with Gasteiger partial charge in [0.15, 0.2) is 0 Å². The van der Waals surface area contributed by atoms with Crippen LogP contribution >= 0.6 is 0 Å². The topological polar surface area (TPSA) is 64.6 Å². The summed E-state index contributed by atoms with van der Waals surface area (Å²) >= 11 is 0. The molecule has 0 N–H and O–H groups in total. The quantitative estimate of drug-likeness (QED) is 0.659. The Bertz CT molecular complexity index is 318. The summed E-state index contributed by atoms with van der Waals surface area (Å²) in [6.07, 6.45) is 0.808. The molecule has 0 amide bonds. The van der Waals surface area contributed by atoms with Gasteiger partial charge in [0.1, 0.15) is 0 Å². The molecule has 2 fully saturated rings. The zero-order valence-electron chi connectivity index (χ0n) is 14.3. The molecule has 136 valence electrons. The smallest absolute Gasteiger partial charge is 0.379 e. The molecule has 0 aromatic carbocycles. The largest absolute Gasteiger partial charge is 0.503 e. The second kappa shape index (κ2) is 10.7. The van der Waals surface area contributed by atoms with Gasteiger partial charge in [-0.1, -0.05) is 13.8 Å². The highest BCUT2D eigenvalue weighted by Crippen LogP contribution is 2.25. The molecule has 2 aliphatic heterocycles. The predicted octanol–water partition coefficient (Wildman–Crippen LogP) is 1.24. The third kappa shape index (κ3) is 6.75. The first-order valence-electron chi connectivity index (χ1n) is 8.49. The molecule has 2 saturated heterocycles. The normalized spacial score (nSPS) is 33.3. The van der Waals surface area contributed by atoms with Crippen LogP contribution in [0, 0.1) is 0 Å². The molecule has 0 saturated carbocycles. The van der Waals surface area contributed by atoms with Gasteiger partial charge in [-0.25, -0.2) is 0 Å². The van der Waals surface area contributed by atoms with Crippen LogP contribution in [0.25, 0.3) is 0 Å². The molecule has 8 heteroatoms. The van der Waals surface area contributed by atoms with Crippen molar-refractivity contribution in [3.63, 3.8) is 0 Å². The molecule has 2 bridgehead atoms. The van der Waals surface area contributed by atoms with Gasteiger partial charge in [-0.2, -0.15) is 0 Å². The Labute approximate surface area is 139 Å². The molecule has 2 unspecified atom stereocenters. The third-order valence-electron chi connectivity index (χ3n) is 3.77. The molecule has 7 nitrogen and oxygen atoms in total. The third-order valence-corrected chi connectivity index (χ3v) is 7.00. The van der Waals surface area contributed by atoms with Crippen molar-refractivity contribution in [3.05, 3.63) is 0 Å². The summed E-state index contributed by atoms with van der Waals surface area (Å²) < 4.78 is 40.8. The fraction of sp³-hybridized carbons (Fsp3) is 1.00. The molecule has 2 rings (SSSR count). The molecule has 0 spiro atoms. The van der Waals surface area contributed by atoms with Crippen molar-refractivity contribution in [1.29, 1.82) is 0 Å². The molecule has 2 heterocycles. The average Bonchev–Trinajstić information content (AvgIpc) is 2.52. The first kappa shape index (κ1) is 19.3. The van der Waals surface area contributed by atoms with E-state index in [0.717, 1.165) is 6.42 Å². The van der Waals surface area contributed by atoms with Gasteiger partial charge in [0, 0.05) is 12.1 Å². The monoisotopic (exact) mass is 350 g/mol. The van der Waals surface area contributed by atoms with Crippen molar-refractivity contribution in [1.82, 2.24) is 0 Å². The zero-order valence-corrected chi connectivity index (χ0v) is 15.3. The van der Waals surface area contributed by atoms with E-state index in [-0.39, 0.29) is 11.6 Å². The summed E-state index contributed by atoms with van der Waals surface area (Å²) in [6.45, 7) is 9.35. The summed E-state index contributed by atoms with van der Waals surface area (Å²) in [7, 11) is -2.77. The molecular weight excluding hydrogens is 320 g/mol. The fourth-order valence-corrected chi connectivity index (χ4v) is 4.83. The maximum absolute atomic E-state index is 6.07. The van der Waals surface area contributed by atoms with Crippen molar-refractivity contribution >= 4 is 8.80 Å². The van der Waals surface area contributed by atoms with E-state index in [4.69, 9.17) is 32.2 Å². The van der Waals surface area contributed by atoms with E-state index in [9.17, 15) is 0 Å². The molecule has 2 aliphatic rings. The lowest BCUT2D eigenvalue weighted by Gasteiger charge is -2.33. The molecular formula is C15H30O7Si. The van der Waals surface area contributed by atoms with Crippen molar-refractivity contribution in [2.45, 2.75) is 31.9 Å². The van der Waals surface area contributed by atoms with Crippen LogP contribution in [0.4, 0.5) is 0 Å². The van der Waals surface area contributed by atoms with E-state index in [1.54, 1.807) is 0 Å². The van der Waals surface area contributed by atoms with Crippen molar-refractivity contribution in [2.24, 2.45) is 0 Å². The second-order valence-electron chi connectivity index (χ2n) is 5.88. The van der Waals surface area contributed by atoms with Gasteiger partial charge in [-0.3, -0.25) is 0 Å². The van der Waals surface area contributed by atoms with Crippen LogP contribution in [0.1, 0.15) is 20.3 Å². The predicted molar refractivity (Wildman–Crippen MR) is 85.5 cm³/mol. The molecule has 0 radical (unpaired) electrons. The maximum Gasteiger partial charge on any atom is 0.503 e. The maximum atomic E-state index is 6.07. The van der Waals surface area contributed by atoms with Gasteiger partial charge in [0.05, 0.1) is 65.6 Å². The summed E-state index contributed by atoms with van der Waals surface area (Å²) in [5.74, 6) is 0. The van der Waals surface area contributed by atoms with Crippen LogP contribution in [0.3, 0.4) is 0 Å². The summed E-state index contributed by atoms with van der Waals surface area (Å²) in [6, 6.07) is 0. The number of rotatable bonds is 1. The molecule has 2 atom stereocenters. The highest BCUT2D eigenvalue weighted by molar-refractivity contribution is 6.62. The summed E-state index contributed by atoms with van der Waals surface area (Å²) in [5.41, 5.74) is 0.164. The van der Waals surface area contributed by atoms with Gasteiger partial charge in [-0.15, -0.1) is 0 Å². The Morgan fingerprint density at radius 3 is 1.96 bits per heavy atom. The first-order chi connectivity index (χ1) is 11.2. The molecule has 23 heavy (non-hydrogen) atoms. The highest BCUT2D eigenvalue weighted by Gasteiger charge is 2.45. The van der Waals surface area contributed by atoms with Crippen LogP contribution in [0.5, 0.6) is 0 Å². The minimum absolute atomic E-state index is 0.0120. The second-order valence-corrected chi connectivity index (χ2v) is 9.11. The Kier molecular flexibility index (Phi) is 8.99. The van der Waals surface area contributed by atoms with E-state index in [0.29, 0.717) is 66.1 Å².